The maximum atomic E-state index is 12.7. The number of H-pyrrole nitrogens is 1. The minimum atomic E-state index is -3.58. The van der Waals surface area contributed by atoms with E-state index in [0.29, 0.717) is 5.56 Å². The molecule has 0 aliphatic carbocycles. The van der Waals surface area contributed by atoms with Crippen molar-refractivity contribution >= 4 is 32.7 Å². The summed E-state index contributed by atoms with van der Waals surface area (Å²) in [5.74, 6) is -1.02. The van der Waals surface area contributed by atoms with E-state index in [1.165, 1.54) is 45.3 Å². The van der Waals surface area contributed by atoms with Crippen molar-refractivity contribution in [3.63, 3.8) is 0 Å². The minimum Gasteiger partial charge on any atom is -0.451 e. The van der Waals surface area contributed by atoms with Crippen molar-refractivity contribution in [3.05, 3.63) is 65.9 Å². The van der Waals surface area contributed by atoms with Crippen molar-refractivity contribution in [1.82, 2.24) is 9.29 Å². The van der Waals surface area contributed by atoms with Crippen LogP contribution in [0, 0.1) is 0 Å². The monoisotopic (exact) mass is 400 g/mol. The highest BCUT2D eigenvalue weighted by atomic mass is 32.2. The van der Waals surface area contributed by atoms with Gasteiger partial charge in [0.1, 0.15) is 0 Å². The third-order valence-corrected chi connectivity index (χ3v) is 6.21. The van der Waals surface area contributed by atoms with Crippen LogP contribution in [0.3, 0.4) is 0 Å². The average molecular weight is 400 g/mol. The number of aromatic amines is 1. The number of hydrogen-bond donors (Lipinski definition) is 1. The van der Waals surface area contributed by atoms with Crippen LogP contribution in [0.5, 0.6) is 0 Å². The number of fused-ring (bicyclic) bond motifs is 1. The highest BCUT2D eigenvalue weighted by molar-refractivity contribution is 7.89. The summed E-state index contributed by atoms with van der Waals surface area (Å²) in [5.41, 5.74) is 1.43. The molecule has 1 heterocycles. The lowest BCUT2D eigenvalue weighted by molar-refractivity contribution is 0.0319. The van der Waals surface area contributed by atoms with Gasteiger partial charge in [-0.15, -0.1) is 0 Å². The summed E-state index contributed by atoms with van der Waals surface area (Å²) in [6.45, 7) is 1.51. The number of carbonyl (C=O) groups excluding carboxylic acids is 2. The van der Waals surface area contributed by atoms with Crippen molar-refractivity contribution in [1.29, 1.82) is 0 Å². The third kappa shape index (κ3) is 3.69. The van der Waals surface area contributed by atoms with Crippen LogP contribution in [-0.2, 0) is 14.8 Å². The minimum absolute atomic E-state index is 0.0666. The van der Waals surface area contributed by atoms with E-state index in [0.717, 1.165) is 15.2 Å². The summed E-state index contributed by atoms with van der Waals surface area (Å²) in [4.78, 5) is 28.1. The number of benzene rings is 2. The van der Waals surface area contributed by atoms with Gasteiger partial charge in [0.15, 0.2) is 6.10 Å². The topological polar surface area (TPSA) is 96.5 Å². The van der Waals surface area contributed by atoms with Crippen molar-refractivity contribution in [2.24, 2.45) is 0 Å². The summed E-state index contributed by atoms with van der Waals surface area (Å²) in [7, 11) is -0.730. The van der Waals surface area contributed by atoms with Gasteiger partial charge in [-0.25, -0.2) is 17.5 Å². The normalized spacial score (nSPS) is 12.9. The number of nitrogens with one attached hydrogen (secondary N) is 1. The smallest absolute Gasteiger partial charge is 0.338 e. The lowest BCUT2D eigenvalue weighted by Gasteiger charge is -2.13. The molecule has 0 aliphatic rings. The summed E-state index contributed by atoms with van der Waals surface area (Å²) in [6, 6.07) is 12.7. The highest BCUT2D eigenvalue weighted by Crippen LogP contribution is 2.21. The maximum Gasteiger partial charge on any atom is 0.338 e. The predicted octanol–water partition coefficient (Wildman–Crippen LogP) is 2.85. The van der Waals surface area contributed by atoms with Crippen LogP contribution >= 0.6 is 0 Å². The number of carbonyl (C=O) groups is 2. The molecule has 8 heteroatoms. The van der Waals surface area contributed by atoms with Gasteiger partial charge in [-0.3, -0.25) is 4.79 Å². The Hall–Kier alpha value is -2.97. The van der Waals surface area contributed by atoms with Crippen LogP contribution in [-0.4, -0.2) is 49.7 Å². The lowest BCUT2D eigenvalue weighted by Crippen LogP contribution is -2.24. The highest BCUT2D eigenvalue weighted by Gasteiger charge is 2.23. The molecule has 3 rings (SSSR count). The lowest BCUT2D eigenvalue weighted by atomic mass is 10.1. The molecule has 2 aromatic carbocycles. The zero-order valence-corrected chi connectivity index (χ0v) is 16.5. The standard InChI is InChI=1S/C20H20N2O5S/c1-13(19(23)17-12-21-18-7-5-4-6-16(17)18)27-20(24)14-8-10-15(11-9-14)28(25,26)22(2)3/h4-13,21H,1-3H3/t13-/m1/s1. The van der Waals surface area contributed by atoms with Crippen LogP contribution in [0.25, 0.3) is 10.9 Å². The Bertz CT molecular complexity index is 1130. The zero-order chi connectivity index (χ0) is 20.5. The molecule has 0 saturated heterocycles. The molecule has 28 heavy (non-hydrogen) atoms. The van der Waals surface area contributed by atoms with Crippen molar-refractivity contribution < 1.29 is 22.7 Å². The first-order chi connectivity index (χ1) is 13.2. The fourth-order valence-electron chi connectivity index (χ4n) is 2.75. The number of nitrogens with zero attached hydrogens (tertiary/aromatic N) is 1. The molecular weight excluding hydrogens is 380 g/mol. The first-order valence-electron chi connectivity index (χ1n) is 8.55. The third-order valence-electron chi connectivity index (χ3n) is 4.38. The largest absolute Gasteiger partial charge is 0.451 e. The van der Waals surface area contributed by atoms with E-state index in [1.807, 2.05) is 24.3 Å². The number of aromatic nitrogens is 1. The average Bonchev–Trinajstić information content (AvgIpc) is 3.11. The molecule has 146 valence electrons. The number of hydrogen-bond acceptors (Lipinski definition) is 5. The van der Waals surface area contributed by atoms with Gasteiger partial charge < -0.3 is 9.72 Å². The molecule has 0 radical (unpaired) electrons. The van der Waals surface area contributed by atoms with Crippen LogP contribution in [0.15, 0.2) is 59.6 Å². The molecule has 1 atom stereocenters. The first kappa shape index (κ1) is 19.8. The SMILES string of the molecule is C[C@@H](OC(=O)c1ccc(S(=O)(=O)N(C)C)cc1)C(=O)c1c[nH]c2ccccc12. The van der Waals surface area contributed by atoms with Gasteiger partial charge in [0.05, 0.1) is 10.5 Å². The van der Waals surface area contributed by atoms with Crippen LogP contribution in [0.4, 0.5) is 0 Å². The Morgan fingerprint density at radius 1 is 1.04 bits per heavy atom. The number of Topliss-reactive ketones (excluding diaryl/α,β-unsaturated/α-hetero) is 1. The van der Waals surface area contributed by atoms with Gasteiger partial charge in [-0.1, -0.05) is 18.2 Å². The van der Waals surface area contributed by atoms with Gasteiger partial charge in [-0.05, 0) is 37.3 Å². The van der Waals surface area contributed by atoms with Crippen LogP contribution in [0.1, 0.15) is 27.6 Å². The van der Waals surface area contributed by atoms with Gasteiger partial charge in [0, 0.05) is 36.8 Å². The summed E-state index contributed by atoms with van der Waals surface area (Å²) >= 11 is 0. The van der Waals surface area contributed by atoms with E-state index < -0.39 is 22.1 Å². The fourth-order valence-corrected chi connectivity index (χ4v) is 3.65. The summed E-state index contributed by atoms with van der Waals surface area (Å²) in [5, 5.41) is 0.758. The molecule has 0 saturated carbocycles. The van der Waals surface area contributed by atoms with Gasteiger partial charge >= 0.3 is 5.97 Å². The maximum absolute atomic E-state index is 12.7. The van der Waals surface area contributed by atoms with Crippen molar-refractivity contribution in [2.45, 2.75) is 17.9 Å². The number of ether oxygens (including phenoxy) is 1. The second-order valence-electron chi connectivity index (χ2n) is 6.47. The Kier molecular flexibility index (Phi) is 5.35. The number of rotatable bonds is 6. The first-order valence-corrected chi connectivity index (χ1v) is 9.99. The van der Waals surface area contributed by atoms with Crippen molar-refractivity contribution in [3.8, 4) is 0 Å². The number of para-hydroxylation sites is 1. The van der Waals surface area contributed by atoms with E-state index in [1.54, 1.807) is 6.20 Å². The zero-order valence-electron chi connectivity index (χ0n) is 15.7. The molecule has 0 spiro atoms. The Morgan fingerprint density at radius 3 is 2.32 bits per heavy atom. The Morgan fingerprint density at radius 2 is 1.68 bits per heavy atom. The molecular formula is C20H20N2O5S. The Balaban J connectivity index is 1.74. The molecule has 1 aromatic heterocycles. The van der Waals surface area contributed by atoms with Crippen molar-refractivity contribution in [2.75, 3.05) is 14.1 Å². The van der Waals surface area contributed by atoms with Crippen LogP contribution in [0.2, 0.25) is 0 Å². The van der Waals surface area contributed by atoms with E-state index in [-0.39, 0.29) is 16.2 Å². The molecule has 7 nitrogen and oxygen atoms in total. The molecule has 0 bridgehead atoms. The quantitative estimate of drug-likeness (QED) is 0.507. The fraction of sp³-hybridized carbons (Fsp3) is 0.200. The predicted molar refractivity (Wildman–Crippen MR) is 105 cm³/mol. The molecule has 0 fully saturated rings. The molecule has 0 aliphatic heterocycles. The molecule has 1 N–H and O–H groups in total. The Labute approximate surface area is 163 Å². The molecule has 0 amide bonds. The van der Waals surface area contributed by atoms with E-state index in [4.69, 9.17) is 4.74 Å². The second-order valence-corrected chi connectivity index (χ2v) is 8.62. The summed E-state index contributed by atoms with van der Waals surface area (Å²) in [6.07, 6.45) is 0.606. The number of ketones is 1. The molecule has 0 unspecified atom stereocenters. The van der Waals surface area contributed by atoms with E-state index >= 15 is 0 Å². The van der Waals surface area contributed by atoms with Gasteiger partial charge in [0.2, 0.25) is 15.8 Å². The number of esters is 1. The van der Waals surface area contributed by atoms with Gasteiger partial charge in [0.25, 0.3) is 0 Å². The van der Waals surface area contributed by atoms with Gasteiger partial charge in [-0.2, -0.15) is 0 Å². The molecule has 3 aromatic rings. The number of sulfonamides is 1. The summed E-state index contributed by atoms with van der Waals surface area (Å²) < 4.78 is 30.5. The van der Waals surface area contributed by atoms with E-state index in [2.05, 4.69) is 4.98 Å². The second kappa shape index (κ2) is 7.57. The van der Waals surface area contributed by atoms with E-state index in [9.17, 15) is 18.0 Å². The van der Waals surface area contributed by atoms with Crippen LogP contribution < -0.4 is 0 Å².